The Kier molecular flexibility index (Phi) is 7.82. The van der Waals surface area contributed by atoms with Crippen LogP contribution in [-0.4, -0.2) is 31.8 Å². The largest absolute Gasteiger partial charge is 0.369 e. The van der Waals surface area contributed by atoms with E-state index >= 15 is 0 Å². The first kappa shape index (κ1) is 22.5. The molecule has 0 aromatic carbocycles. The zero-order valence-corrected chi connectivity index (χ0v) is 16.9. The van der Waals surface area contributed by atoms with Crippen molar-refractivity contribution in [3.63, 3.8) is 0 Å². The lowest BCUT2D eigenvalue weighted by molar-refractivity contribution is -0.118. The van der Waals surface area contributed by atoms with Crippen molar-refractivity contribution >= 4 is 29.7 Å². The average molecular weight is 439 g/mol. The standard InChI is InChI=1S/C18H19FN6O2S.ClH/c19-7-12(8-20)9-25-18(27)24(11-23-25)10-13-4-5-15(28-13)16(17(21)26)14-3-1-2-6-22-14;/h1-7,11,16H,8-10,20H2,(H2,21,26);1H/b12-7-;. The van der Waals surface area contributed by atoms with E-state index in [1.54, 1.807) is 30.5 Å². The van der Waals surface area contributed by atoms with Crippen LogP contribution in [-0.2, 0) is 17.9 Å². The van der Waals surface area contributed by atoms with Gasteiger partial charge in [0.1, 0.15) is 12.2 Å². The second kappa shape index (κ2) is 10.1. The van der Waals surface area contributed by atoms with Crippen molar-refractivity contribution in [3.8, 4) is 0 Å². The molecule has 0 radical (unpaired) electrons. The van der Waals surface area contributed by atoms with Crippen LogP contribution in [0.3, 0.4) is 0 Å². The number of hydrogen-bond donors (Lipinski definition) is 2. The van der Waals surface area contributed by atoms with E-state index in [0.717, 1.165) is 14.4 Å². The Bertz CT molecular complexity index is 1050. The van der Waals surface area contributed by atoms with E-state index in [1.165, 1.54) is 22.2 Å². The second-order valence-electron chi connectivity index (χ2n) is 6.06. The summed E-state index contributed by atoms with van der Waals surface area (Å²) < 4.78 is 15.2. The molecule has 29 heavy (non-hydrogen) atoms. The summed E-state index contributed by atoms with van der Waals surface area (Å²) >= 11 is 1.37. The Labute approximate surface area is 176 Å². The molecule has 4 N–H and O–H groups in total. The van der Waals surface area contributed by atoms with E-state index in [2.05, 4.69) is 10.1 Å². The van der Waals surface area contributed by atoms with E-state index in [1.807, 2.05) is 6.07 Å². The molecule has 1 amide bonds. The zero-order chi connectivity index (χ0) is 20.1. The van der Waals surface area contributed by atoms with Crippen LogP contribution in [0.2, 0.25) is 0 Å². The molecule has 1 unspecified atom stereocenters. The molecule has 11 heteroatoms. The maximum absolute atomic E-state index is 12.7. The van der Waals surface area contributed by atoms with Crippen molar-refractivity contribution in [2.24, 2.45) is 11.5 Å². The van der Waals surface area contributed by atoms with E-state index < -0.39 is 11.8 Å². The van der Waals surface area contributed by atoms with E-state index in [4.69, 9.17) is 11.5 Å². The smallest absolute Gasteiger partial charge is 0.346 e. The fourth-order valence-electron chi connectivity index (χ4n) is 2.71. The Balaban J connectivity index is 0.00000300. The SMILES string of the molecule is Cl.NC/C(=C/F)Cn1ncn(Cc2ccc(C(C(N)=O)c3ccccn3)s2)c1=O. The van der Waals surface area contributed by atoms with Gasteiger partial charge in [-0.1, -0.05) is 6.07 Å². The summed E-state index contributed by atoms with van der Waals surface area (Å²) in [6, 6.07) is 8.94. The van der Waals surface area contributed by atoms with Crippen LogP contribution in [0.5, 0.6) is 0 Å². The van der Waals surface area contributed by atoms with E-state index in [0.29, 0.717) is 12.0 Å². The Morgan fingerprint density at radius 1 is 1.31 bits per heavy atom. The summed E-state index contributed by atoms with van der Waals surface area (Å²) in [6.45, 7) is 0.276. The van der Waals surface area contributed by atoms with Crippen LogP contribution in [0, 0.1) is 0 Å². The molecule has 0 aliphatic carbocycles. The van der Waals surface area contributed by atoms with Crippen molar-refractivity contribution in [3.05, 3.63) is 80.7 Å². The van der Waals surface area contributed by atoms with Crippen LogP contribution >= 0.6 is 23.7 Å². The van der Waals surface area contributed by atoms with Gasteiger partial charge < -0.3 is 11.5 Å². The van der Waals surface area contributed by atoms with Crippen molar-refractivity contribution in [2.45, 2.75) is 19.0 Å². The van der Waals surface area contributed by atoms with Gasteiger partial charge in [0, 0.05) is 22.5 Å². The van der Waals surface area contributed by atoms with Crippen LogP contribution < -0.4 is 17.2 Å². The number of hydrogen-bond acceptors (Lipinski definition) is 6. The molecule has 0 aliphatic rings. The highest BCUT2D eigenvalue weighted by Crippen LogP contribution is 2.29. The molecule has 154 valence electrons. The van der Waals surface area contributed by atoms with Crippen LogP contribution in [0.25, 0.3) is 0 Å². The first-order valence-corrected chi connectivity index (χ1v) is 9.24. The van der Waals surface area contributed by atoms with Gasteiger partial charge in [0.25, 0.3) is 0 Å². The molecule has 3 aromatic rings. The number of halogens is 2. The van der Waals surface area contributed by atoms with Crippen molar-refractivity contribution in [2.75, 3.05) is 6.54 Å². The molecule has 0 saturated heterocycles. The lowest BCUT2D eigenvalue weighted by Gasteiger charge is -2.10. The number of nitrogens with zero attached hydrogens (tertiary/aromatic N) is 4. The minimum Gasteiger partial charge on any atom is -0.369 e. The lowest BCUT2D eigenvalue weighted by atomic mass is 10.0. The van der Waals surface area contributed by atoms with Crippen molar-refractivity contribution in [1.82, 2.24) is 19.3 Å². The number of rotatable bonds is 8. The summed E-state index contributed by atoms with van der Waals surface area (Å²) in [5.74, 6) is -1.15. The van der Waals surface area contributed by atoms with Gasteiger partial charge in [-0.3, -0.25) is 14.3 Å². The Hall–Kier alpha value is -2.82. The molecule has 0 fully saturated rings. The highest BCUT2D eigenvalue weighted by atomic mass is 35.5. The number of carbonyl (C=O) groups is 1. The molecule has 0 spiro atoms. The number of nitrogens with two attached hydrogens (primary N) is 2. The molecular weight excluding hydrogens is 419 g/mol. The number of aromatic nitrogens is 4. The van der Waals surface area contributed by atoms with Gasteiger partial charge in [0.15, 0.2) is 0 Å². The van der Waals surface area contributed by atoms with Gasteiger partial charge >= 0.3 is 5.69 Å². The van der Waals surface area contributed by atoms with E-state index in [9.17, 15) is 14.0 Å². The molecule has 0 saturated carbocycles. The highest BCUT2D eigenvalue weighted by Gasteiger charge is 2.23. The van der Waals surface area contributed by atoms with Crippen LogP contribution in [0.15, 0.2) is 59.6 Å². The highest BCUT2D eigenvalue weighted by molar-refractivity contribution is 7.12. The number of pyridine rings is 1. The quantitative estimate of drug-likeness (QED) is 0.550. The van der Waals surface area contributed by atoms with E-state index in [-0.39, 0.29) is 43.3 Å². The third-order valence-electron chi connectivity index (χ3n) is 4.13. The maximum Gasteiger partial charge on any atom is 0.346 e. The minimum absolute atomic E-state index is 0. The molecule has 0 bridgehead atoms. The third-order valence-corrected chi connectivity index (χ3v) is 5.26. The molecule has 3 heterocycles. The Morgan fingerprint density at radius 3 is 2.72 bits per heavy atom. The fraction of sp³-hybridized carbons (Fsp3) is 0.222. The first-order valence-electron chi connectivity index (χ1n) is 8.42. The fourth-order valence-corrected chi connectivity index (χ4v) is 3.84. The van der Waals surface area contributed by atoms with Gasteiger partial charge in [0.2, 0.25) is 5.91 Å². The summed E-state index contributed by atoms with van der Waals surface area (Å²) in [5, 5.41) is 3.99. The predicted molar refractivity (Wildman–Crippen MR) is 111 cm³/mol. The van der Waals surface area contributed by atoms with Crippen molar-refractivity contribution < 1.29 is 9.18 Å². The predicted octanol–water partition coefficient (Wildman–Crippen LogP) is 1.40. The molecule has 1 atom stereocenters. The van der Waals surface area contributed by atoms with Crippen LogP contribution in [0.4, 0.5) is 4.39 Å². The lowest BCUT2D eigenvalue weighted by Crippen LogP contribution is -2.26. The Morgan fingerprint density at radius 2 is 2.10 bits per heavy atom. The van der Waals surface area contributed by atoms with Gasteiger partial charge in [-0.15, -0.1) is 23.7 Å². The second-order valence-corrected chi connectivity index (χ2v) is 7.26. The van der Waals surface area contributed by atoms with Crippen LogP contribution in [0.1, 0.15) is 21.4 Å². The molecule has 8 nitrogen and oxygen atoms in total. The topological polar surface area (TPSA) is 122 Å². The average Bonchev–Trinajstić information content (AvgIpc) is 3.28. The summed E-state index contributed by atoms with van der Waals surface area (Å²) in [5.41, 5.74) is 11.5. The number of primary amides is 1. The molecule has 0 aliphatic heterocycles. The van der Waals surface area contributed by atoms with Gasteiger partial charge in [0.05, 0.1) is 25.1 Å². The normalized spacial score (nSPS) is 12.4. The minimum atomic E-state index is -0.652. The molecule has 3 aromatic heterocycles. The van der Waals surface area contributed by atoms with Gasteiger partial charge in [-0.2, -0.15) is 5.10 Å². The first-order chi connectivity index (χ1) is 13.5. The summed E-state index contributed by atoms with van der Waals surface area (Å²) in [4.78, 5) is 30.2. The van der Waals surface area contributed by atoms with Gasteiger partial charge in [-0.05, 0) is 29.8 Å². The molecular formula is C18H20ClFN6O2S. The zero-order valence-electron chi connectivity index (χ0n) is 15.3. The monoisotopic (exact) mass is 438 g/mol. The number of amides is 1. The molecule has 3 rings (SSSR count). The summed E-state index contributed by atoms with van der Waals surface area (Å²) in [6.07, 6.45) is 3.38. The number of thiophene rings is 1. The summed E-state index contributed by atoms with van der Waals surface area (Å²) in [7, 11) is 0. The van der Waals surface area contributed by atoms with Gasteiger partial charge in [-0.25, -0.2) is 13.9 Å². The third kappa shape index (κ3) is 5.17. The van der Waals surface area contributed by atoms with Crippen molar-refractivity contribution in [1.29, 1.82) is 0 Å². The maximum atomic E-state index is 12.7. The number of carbonyl (C=O) groups excluding carboxylic acids is 1.